The maximum absolute atomic E-state index is 13.1. The molecule has 0 saturated heterocycles. The number of benzene rings is 2. The van der Waals surface area contributed by atoms with E-state index in [0.29, 0.717) is 11.0 Å². The van der Waals surface area contributed by atoms with Crippen molar-refractivity contribution in [3.05, 3.63) is 58.8 Å². The summed E-state index contributed by atoms with van der Waals surface area (Å²) < 4.78 is 13.1. The number of H-pyrrole nitrogens is 1. The van der Waals surface area contributed by atoms with Crippen LogP contribution in [-0.4, -0.2) is 15.9 Å². The Balaban J connectivity index is 0.000000192. The lowest BCUT2D eigenvalue weighted by molar-refractivity contribution is 0.102. The van der Waals surface area contributed by atoms with Gasteiger partial charge in [0.1, 0.15) is 11.5 Å². The molecule has 3 aromatic rings. The molecule has 0 unspecified atom stereocenters. The predicted octanol–water partition coefficient (Wildman–Crippen LogP) is 6.72. The van der Waals surface area contributed by atoms with Gasteiger partial charge in [0.25, 0.3) is 5.91 Å². The maximum Gasteiger partial charge on any atom is 0.258 e. The van der Waals surface area contributed by atoms with Gasteiger partial charge in [0.15, 0.2) is 0 Å². The van der Waals surface area contributed by atoms with Gasteiger partial charge in [0, 0.05) is 5.56 Å². The molecule has 7 heteroatoms. The number of hydrogen-bond donors (Lipinski definition) is 2. The number of hydrogen-bond acceptors (Lipinski definition) is 4. The van der Waals surface area contributed by atoms with Gasteiger partial charge >= 0.3 is 0 Å². The number of aromatic nitrogens is 2. The van der Waals surface area contributed by atoms with E-state index in [1.54, 1.807) is 37.8 Å². The van der Waals surface area contributed by atoms with E-state index >= 15 is 0 Å². The first-order chi connectivity index (χ1) is 15.1. The van der Waals surface area contributed by atoms with Crippen molar-refractivity contribution in [3.8, 4) is 0 Å². The van der Waals surface area contributed by atoms with Crippen LogP contribution in [0.25, 0.3) is 11.0 Å². The molecule has 31 heavy (non-hydrogen) atoms. The van der Waals surface area contributed by atoms with Crippen LogP contribution in [0.15, 0.2) is 47.6 Å². The molecule has 162 valence electrons. The van der Waals surface area contributed by atoms with Gasteiger partial charge in [-0.2, -0.15) is 0 Å². The van der Waals surface area contributed by atoms with Crippen LogP contribution in [0.2, 0.25) is 0 Å². The van der Waals surface area contributed by atoms with E-state index in [2.05, 4.69) is 20.5 Å². The molecule has 2 saturated carbocycles. The van der Waals surface area contributed by atoms with Crippen LogP contribution in [0.5, 0.6) is 0 Å². The molecule has 0 atom stereocenters. The van der Waals surface area contributed by atoms with Gasteiger partial charge in [-0.15, -0.1) is 4.91 Å². The van der Waals surface area contributed by atoms with E-state index in [1.165, 1.54) is 61.9 Å². The number of imidazole rings is 1. The van der Waals surface area contributed by atoms with Crippen molar-refractivity contribution in [1.82, 2.24) is 9.97 Å². The second-order valence-corrected chi connectivity index (χ2v) is 8.43. The minimum Gasteiger partial charge on any atom is -0.324 e. The molecule has 5 rings (SSSR count). The summed E-state index contributed by atoms with van der Waals surface area (Å²) in [6, 6.07) is 10.0. The minimum absolute atomic E-state index is 0.161. The van der Waals surface area contributed by atoms with Crippen molar-refractivity contribution in [2.45, 2.75) is 51.4 Å². The fraction of sp³-hybridized carbons (Fsp3) is 0.417. The molecule has 0 radical (unpaired) electrons. The van der Waals surface area contributed by atoms with Crippen LogP contribution < -0.4 is 5.32 Å². The third-order valence-corrected chi connectivity index (χ3v) is 6.36. The highest BCUT2D eigenvalue weighted by molar-refractivity contribution is 6.04. The number of carbonyl (C=O) groups excluding carboxylic acids is 1. The van der Waals surface area contributed by atoms with Crippen LogP contribution >= 0.6 is 0 Å². The summed E-state index contributed by atoms with van der Waals surface area (Å²) in [4.78, 5) is 29.4. The molecule has 1 aromatic heterocycles. The molecule has 1 amide bonds. The molecule has 6 nitrogen and oxygen atoms in total. The van der Waals surface area contributed by atoms with Gasteiger partial charge in [0.05, 0.1) is 11.0 Å². The number of nitroso groups, excluding NO2 is 1. The normalized spacial score (nSPS) is 16.8. The summed E-state index contributed by atoms with van der Waals surface area (Å²) in [7, 11) is 0. The van der Waals surface area contributed by atoms with Gasteiger partial charge in [-0.3, -0.25) is 10.1 Å². The van der Waals surface area contributed by atoms with Gasteiger partial charge in [-0.05, 0) is 53.4 Å². The number of nitrogens with zero attached hydrogens (tertiary/aromatic N) is 2. The highest BCUT2D eigenvalue weighted by atomic mass is 19.1. The van der Waals surface area contributed by atoms with Gasteiger partial charge in [-0.1, -0.05) is 57.4 Å². The Labute approximate surface area is 180 Å². The largest absolute Gasteiger partial charge is 0.324 e. The van der Waals surface area contributed by atoms with Crippen molar-refractivity contribution in [2.75, 3.05) is 5.32 Å². The topological polar surface area (TPSA) is 87.2 Å². The van der Waals surface area contributed by atoms with Crippen LogP contribution in [0.4, 0.5) is 16.0 Å². The molecule has 0 bridgehead atoms. The smallest absolute Gasteiger partial charge is 0.258 e. The molecule has 2 N–H and O–H groups in total. The Kier molecular flexibility index (Phi) is 6.70. The molecule has 2 fully saturated rings. The van der Waals surface area contributed by atoms with Crippen molar-refractivity contribution < 1.29 is 9.18 Å². The molecule has 0 aliphatic heterocycles. The second kappa shape index (κ2) is 9.81. The summed E-state index contributed by atoms with van der Waals surface area (Å²) in [5.74, 6) is 1.68. The lowest BCUT2D eigenvalue weighted by atomic mass is 9.70. The first-order valence-corrected chi connectivity index (χ1v) is 11.0. The van der Waals surface area contributed by atoms with Crippen molar-refractivity contribution in [2.24, 2.45) is 17.0 Å². The Morgan fingerprint density at radius 2 is 1.74 bits per heavy atom. The van der Waals surface area contributed by atoms with E-state index in [4.69, 9.17) is 0 Å². The third kappa shape index (κ3) is 5.34. The van der Waals surface area contributed by atoms with Crippen molar-refractivity contribution in [3.63, 3.8) is 0 Å². The summed E-state index contributed by atoms with van der Waals surface area (Å²) in [6.45, 7) is 0. The number of rotatable bonds is 4. The number of halogens is 1. The lowest BCUT2D eigenvalue weighted by Crippen LogP contribution is -2.23. The molecular weight excluding hydrogens is 395 g/mol. The predicted molar refractivity (Wildman–Crippen MR) is 120 cm³/mol. The number of anilines is 1. The van der Waals surface area contributed by atoms with Gasteiger partial charge < -0.3 is 4.98 Å². The van der Waals surface area contributed by atoms with Crippen molar-refractivity contribution in [1.29, 1.82) is 0 Å². The van der Waals surface area contributed by atoms with Crippen LogP contribution in [0, 0.1) is 22.6 Å². The Hall–Kier alpha value is -3.09. The van der Waals surface area contributed by atoms with Gasteiger partial charge in [0.2, 0.25) is 5.95 Å². The Morgan fingerprint density at radius 3 is 2.42 bits per heavy atom. The zero-order valence-electron chi connectivity index (χ0n) is 17.4. The molecular formula is C24H27FN4O2. The number of aromatic amines is 1. The number of nitrogens with one attached hydrogen (secondary N) is 2. The first kappa shape index (κ1) is 21.2. The summed E-state index contributed by atoms with van der Waals surface area (Å²) >= 11 is 0. The quantitative estimate of drug-likeness (QED) is 0.458. The Morgan fingerprint density at radius 1 is 1.00 bits per heavy atom. The zero-order valence-corrected chi connectivity index (χ0v) is 17.4. The van der Waals surface area contributed by atoms with Crippen LogP contribution in [-0.2, 0) is 0 Å². The SMILES string of the molecule is C1CCC(C2CCC2)CC1.O=Nc1cccc(C(=O)Nc2nc3ccc(F)cc3[nH]2)c1. The van der Waals surface area contributed by atoms with E-state index in [9.17, 15) is 14.1 Å². The van der Waals surface area contributed by atoms with E-state index in [0.717, 1.165) is 5.92 Å². The van der Waals surface area contributed by atoms with E-state index in [-0.39, 0.29) is 17.2 Å². The third-order valence-electron chi connectivity index (χ3n) is 6.36. The molecule has 1 heterocycles. The van der Waals surface area contributed by atoms with Crippen molar-refractivity contribution >= 4 is 28.6 Å². The maximum atomic E-state index is 13.1. The summed E-state index contributed by atoms with van der Waals surface area (Å²) in [6.07, 6.45) is 12.3. The molecule has 2 aliphatic rings. The summed E-state index contributed by atoms with van der Waals surface area (Å²) in [5.41, 5.74) is 1.46. The van der Waals surface area contributed by atoms with E-state index < -0.39 is 11.7 Å². The highest BCUT2D eigenvalue weighted by Crippen LogP contribution is 2.40. The Bertz CT molecular complexity index is 1050. The lowest BCUT2D eigenvalue weighted by Gasteiger charge is -2.36. The first-order valence-electron chi connectivity index (χ1n) is 11.0. The number of carbonyl (C=O) groups is 1. The minimum atomic E-state index is -0.444. The fourth-order valence-electron chi connectivity index (χ4n) is 4.44. The van der Waals surface area contributed by atoms with E-state index in [1.807, 2.05) is 0 Å². The average Bonchev–Trinajstić information content (AvgIpc) is 3.15. The molecule has 2 aliphatic carbocycles. The summed E-state index contributed by atoms with van der Waals surface area (Å²) in [5, 5.41) is 5.32. The van der Waals surface area contributed by atoms with Crippen LogP contribution in [0.3, 0.4) is 0 Å². The zero-order chi connectivity index (χ0) is 21.6. The monoisotopic (exact) mass is 422 g/mol. The highest BCUT2D eigenvalue weighted by Gasteiger charge is 2.27. The fourth-order valence-corrected chi connectivity index (χ4v) is 4.44. The second-order valence-electron chi connectivity index (χ2n) is 8.43. The molecule has 0 spiro atoms. The standard InChI is InChI=1S/C14H9FN4O2.C10H18/c15-9-4-5-11-12(7-9)17-14(16-11)18-13(20)8-2-1-3-10(6-8)19-21;1-2-5-9(6-3-1)10-7-4-8-10/h1-7H,(H2,16,17,18,20);9-10H,1-8H2. The number of amides is 1. The molecule has 2 aromatic carbocycles. The van der Waals surface area contributed by atoms with Gasteiger partial charge in [-0.25, -0.2) is 9.37 Å². The van der Waals surface area contributed by atoms with Crippen LogP contribution in [0.1, 0.15) is 61.7 Å². The average molecular weight is 423 g/mol. The number of fused-ring (bicyclic) bond motifs is 1.